The largest absolute Gasteiger partial charge is 0.489 e. The molecule has 0 atom stereocenters. The average molecular weight is 405 g/mol. The highest BCUT2D eigenvalue weighted by Crippen LogP contribution is 2.38. The summed E-state index contributed by atoms with van der Waals surface area (Å²) in [6, 6.07) is 9.95. The molecule has 148 valence electrons. The molecule has 0 aliphatic carbocycles. The summed E-state index contributed by atoms with van der Waals surface area (Å²) in [5.74, 6) is 0.823. The second-order valence-electron chi connectivity index (χ2n) is 6.06. The molecule has 1 heterocycles. The number of rotatable bonds is 6. The monoisotopic (exact) mass is 404 g/mol. The standard InChI is InChI=1S/C20H21ClN2O5/c1-2-22-18(24)12-28-15-6-3-5-14(11-15)23-20(25)13-9-16(21)19-17(10-13)26-7-4-8-27-19/h3,5-6,9-11H,2,4,7-8,12H2,1H3,(H,22,24)(H,23,25). The first-order chi connectivity index (χ1) is 13.6. The molecule has 0 saturated heterocycles. The molecule has 0 aromatic heterocycles. The van der Waals surface area contributed by atoms with E-state index in [1.165, 1.54) is 0 Å². The quantitative estimate of drug-likeness (QED) is 0.771. The van der Waals surface area contributed by atoms with Gasteiger partial charge in [0.2, 0.25) is 0 Å². The zero-order chi connectivity index (χ0) is 19.9. The zero-order valence-electron chi connectivity index (χ0n) is 15.4. The summed E-state index contributed by atoms with van der Waals surface area (Å²) in [4.78, 5) is 24.1. The summed E-state index contributed by atoms with van der Waals surface area (Å²) in [7, 11) is 0. The molecule has 2 aromatic rings. The molecule has 0 bridgehead atoms. The summed E-state index contributed by atoms with van der Waals surface area (Å²) in [6.45, 7) is 3.29. The Morgan fingerprint density at radius 1 is 1.18 bits per heavy atom. The van der Waals surface area contributed by atoms with Gasteiger partial charge in [-0.15, -0.1) is 0 Å². The highest BCUT2D eigenvalue weighted by atomic mass is 35.5. The van der Waals surface area contributed by atoms with Gasteiger partial charge in [-0.05, 0) is 31.2 Å². The zero-order valence-corrected chi connectivity index (χ0v) is 16.2. The van der Waals surface area contributed by atoms with Crippen molar-refractivity contribution in [1.29, 1.82) is 0 Å². The predicted octanol–water partition coefficient (Wildman–Crippen LogP) is 3.27. The lowest BCUT2D eigenvalue weighted by Gasteiger charge is -2.12. The fourth-order valence-corrected chi connectivity index (χ4v) is 2.89. The number of anilines is 1. The first-order valence-corrected chi connectivity index (χ1v) is 9.34. The summed E-state index contributed by atoms with van der Waals surface area (Å²) in [6.07, 6.45) is 0.746. The number of carbonyl (C=O) groups is 2. The Morgan fingerprint density at radius 2 is 2.00 bits per heavy atom. The van der Waals surface area contributed by atoms with Crippen LogP contribution in [0, 0.1) is 0 Å². The second kappa shape index (κ2) is 9.32. The Labute approximate surface area is 167 Å². The molecular weight excluding hydrogens is 384 g/mol. The van der Waals surface area contributed by atoms with Crippen LogP contribution in [0.1, 0.15) is 23.7 Å². The van der Waals surface area contributed by atoms with E-state index in [4.69, 9.17) is 25.8 Å². The second-order valence-corrected chi connectivity index (χ2v) is 6.47. The van der Waals surface area contributed by atoms with Gasteiger partial charge in [0, 0.05) is 30.3 Å². The minimum absolute atomic E-state index is 0.0942. The van der Waals surface area contributed by atoms with Crippen molar-refractivity contribution < 1.29 is 23.8 Å². The van der Waals surface area contributed by atoms with E-state index in [-0.39, 0.29) is 18.4 Å². The van der Waals surface area contributed by atoms with Crippen LogP contribution in [0.2, 0.25) is 5.02 Å². The van der Waals surface area contributed by atoms with Crippen molar-refractivity contribution in [2.24, 2.45) is 0 Å². The van der Waals surface area contributed by atoms with Gasteiger partial charge in [-0.1, -0.05) is 17.7 Å². The van der Waals surface area contributed by atoms with E-state index < -0.39 is 0 Å². The van der Waals surface area contributed by atoms with Crippen LogP contribution < -0.4 is 24.8 Å². The fourth-order valence-electron chi connectivity index (χ4n) is 2.63. The maximum Gasteiger partial charge on any atom is 0.257 e. The molecule has 0 radical (unpaired) electrons. The lowest BCUT2D eigenvalue weighted by molar-refractivity contribution is -0.122. The summed E-state index contributed by atoms with van der Waals surface area (Å²) in [5.41, 5.74) is 0.879. The van der Waals surface area contributed by atoms with Gasteiger partial charge in [0.05, 0.1) is 18.2 Å². The average Bonchev–Trinajstić information content (AvgIpc) is 2.93. The number of benzene rings is 2. The van der Waals surface area contributed by atoms with Gasteiger partial charge in [0.1, 0.15) is 5.75 Å². The summed E-state index contributed by atoms with van der Waals surface area (Å²) in [5, 5.41) is 5.76. The molecular formula is C20H21ClN2O5. The third kappa shape index (κ3) is 5.07. The molecule has 8 heteroatoms. The number of hydrogen-bond donors (Lipinski definition) is 2. The van der Waals surface area contributed by atoms with Crippen LogP contribution >= 0.6 is 11.6 Å². The third-order valence-corrected chi connectivity index (χ3v) is 4.18. The first kappa shape index (κ1) is 19.8. The normalized spacial score (nSPS) is 12.6. The van der Waals surface area contributed by atoms with E-state index in [2.05, 4.69) is 10.6 Å². The summed E-state index contributed by atoms with van der Waals surface area (Å²) >= 11 is 6.25. The Balaban J connectivity index is 1.69. The topological polar surface area (TPSA) is 85.9 Å². The van der Waals surface area contributed by atoms with Gasteiger partial charge in [-0.2, -0.15) is 0 Å². The van der Waals surface area contributed by atoms with Crippen LogP contribution in [-0.4, -0.2) is 38.2 Å². The molecule has 1 aliphatic rings. The van der Waals surface area contributed by atoms with E-state index in [1.54, 1.807) is 36.4 Å². The number of amides is 2. The van der Waals surface area contributed by atoms with Gasteiger partial charge in [0.15, 0.2) is 18.1 Å². The number of likely N-dealkylation sites (N-methyl/N-ethyl adjacent to an activating group) is 1. The van der Waals surface area contributed by atoms with E-state index in [9.17, 15) is 9.59 Å². The van der Waals surface area contributed by atoms with Crippen LogP contribution in [0.25, 0.3) is 0 Å². The minimum Gasteiger partial charge on any atom is -0.489 e. The Kier molecular flexibility index (Phi) is 6.60. The molecule has 7 nitrogen and oxygen atoms in total. The maximum absolute atomic E-state index is 12.6. The number of hydrogen-bond acceptors (Lipinski definition) is 5. The molecule has 0 fully saturated rings. The number of nitrogens with one attached hydrogen (secondary N) is 2. The highest BCUT2D eigenvalue weighted by molar-refractivity contribution is 6.32. The van der Waals surface area contributed by atoms with E-state index >= 15 is 0 Å². The Hall–Kier alpha value is -2.93. The van der Waals surface area contributed by atoms with Gasteiger partial charge >= 0.3 is 0 Å². The van der Waals surface area contributed by atoms with Crippen molar-refractivity contribution >= 4 is 29.1 Å². The van der Waals surface area contributed by atoms with Crippen LogP contribution in [0.5, 0.6) is 17.2 Å². The summed E-state index contributed by atoms with van der Waals surface area (Å²) < 4.78 is 16.6. The van der Waals surface area contributed by atoms with Crippen molar-refractivity contribution in [3.8, 4) is 17.2 Å². The molecule has 1 aliphatic heterocycles. The van der Waals surface area contributed by atoms with Crippen molar-refractivity contribution in [3.05, 3.63) is 47.0 Å². The van der Waals surface area contributed by atoms with Gasteiger partial charge in [-0.3, -0.25) is 9.59 Å². The van der Waals surface area contributed by atoms with Crippen LogP contribution in [0.4, 0.5) is 5.69 Å². The molecule has 0 spiro atoms. The Morgan fingerprint density at radius 3 is 2.82 bits per heavy atom. The fraction of sp³-hybridized carbons (Fsp3) is 0.300. The van der Waals surface area contributed by atoms with Crippen molar-refractivity contribution in [2.75, 3.05) is 31.7 Å². The van der Waals surface area contributed by atoms with Crippen LogP contribution in [0.15, 0.2) is 36.4 Å². The molecule has 2 amide bonds. The molecule has 28 heavy (non-hydrogen) atoms. The van der Waals surface area contributed by atoms with Gasteiger partial charge in [0.25, 0.3) is 11.8 Å². The van der Waals surface area contributed by atoms with Crippen molar-refractivity contribution in [3.63, 3.8) is 0 Å². The molecule has 0 saturated carbocycles. The van der Waals surface area contributed by atoms with Crippen LogP contribution in [0.3, 0.4) is 0 Å². The van der Waals surface area contributed by atoms with Crippen molar-refractivity contribution in [1.82, 2.24) is 5.32 Å². The van der Waals surface area contributed by atoms with Gasteiger partial charge in [-0.25, -0.2) is 0 Å². The number of carbonyl (C=O) groups excluding carboxylic acids is 2. The SMILES string of the molecule is CCNC(=O)COc1cccc(NC(=O)c2cc(Cl)c3c(c2)OCCCO3)c1. The molecule has 2 aromatic carbocycles. The Bertz CT molecular complexity index is 872. The lowest BCUT2D eigenvalue weighted by atomic mass is 10.1. The molecule has 3 rings (SSSR count). The molecule has 0 unspecified atom stereocenters. The predicted molar refractivity (Wildman–Crippen MR) is 106 cm³/mol. The van der Waals surface area contributed by atoms with Gasteiger partial charge < -0.3 is 24.8 Å². The lowest BCUT2D eigenvalue weighted by Crippen LogP contribution is -2.28. The van der Waals surface area contributed by atoms with Crippen molar-refractivity contribution in [2.45, 2.75) is 13.3 Å². The van der Waals surface area contributed by atoms with E-state index in [0.29, 0.717) is 53.3 Å². The number of halogens is 1. The highest BCUT2D eigenvalue weighted by Gasteiger charge is 2.18. The number of fused-ring (bicyclic) bond motifs is 1. The smallest absolute Gasteiger partial charge is 0.257 e. The molecule has 2 N–H and O–H groups in total. The van der Waals surface area contributed by atoms with Crippen LogP contribution in [-0.2, 0) is 4.79 Å². The van der Waals surface area contributed by atoms with E-state index in [0.717, 1.165) is 6.42 Å². The third-order valence-electron chi connectivity index (χ3n) is 3.90. The van der Waals surface area contributed by atoms with E-state index in [1.807, 2.05) is 6.92 Å². The first-order valence-electron chi connectivity index (χ1n) is 8.97. The maximum atomic E-state index is 12.6. The minimum atomic E-state index is -0.349. The number of ether oxygens (including phenoxy) is 3.